The van der Waals surface area contributed by atoms with Crippen LogP contribution in [0.15, 0.2) is 72.9 Å². The maximum absolute atomic E-state index is 12.8. The average molecular weight is 456 g/mol. The number of carbonyl (C=O) groups is 1. The van der Waals surface area contributed by atoms with Crippen LogP contribution in [0.4, 0.5) is 5.69 Å². The lowest BCUT2D eigenvalue weighted by atomic mass is 10.0. The number of carbonyl (C=O) groups excluding carboxylic acids is 1. The van der Waals surface area contributed by atoms with E-state index < -0.39 is 0 Å². The minimum Gasteiger partial charge on any atom is -0.381 e. The number of amides is 1. The van der Waals surface area contributed by atoms with Gasteiger partial charge in [0.25, 0.3) is 0 Å². The molecule has 1 aromatic heterocycles. The number of pyridine rings is 1. The fourth-order valence-electron chi connectivity index (χ4n) is 4.93. The number of benzene rings is 2. The zero-order valence-corrected chi connectivity index (χ0v) is 19.8. The van der Waals surface area contributed by atoms with Crippen molar-refractivity contribution < 1.29 is 4.79 Å². The number of piperazine rings is 1. The van der Waals surface area contributed by atoms with Gasteiger partial charge in [0.2, 0.25) is 5.91 Å². The highest BCUT2D eigenvalue weighted by atomic mass is 16.1. The van der Waals surface area contributed by atoms with Crippen molar-refractivity contribution in [1.29, 1.82) is 0 Å². The molecule has 0 spiro atoms. The van der Waals surface area contributed by atoms with E-state index in [1.165, 1.54) is 11.1 Å². The second-order valence-corrected chi connectivity index (χ2v) is 9.26. The molecule has 5 rings (SSSR count). The van der Waals surface area contributed by atoms with Crippen molar-refractivity contribution in [3.63, 3.8) is 0 Å². The fourth-order valence-corrected chi connectivity index (χ4v) is 4.93. The first-order valence-electron chi connectivity index (χ1n) is 12.3. The van der Waals surface area contributed by atoms with Gasteiger partial charge in [-0.2, -0.15) is 0 Å². The molecule has 2 N–H and O–H groups in total. The SMILES string of the molecule is CC1NC(c2ccccc2)=CC1C(=O)NCCCN1CCN(c2ccc3ncccc3c2)CC1. The van der Waals surface area contributed by atoms with Crippen LogP contribution in [0.2, 0.25) is 0 Å². The molecule has 2 unspecified atom stereocenters. The van der Waals surface area contributed by atoms with Gasteiger partial charge in [-0.05, 0) is 55.8 Å². The Morgan fingerprint density at radius 1 is 1.06 bits per heavy atom. The van der Waals surface area contributed by atoms with E-state index in [1.807, 2.05) is 30.5 Å². The lowest BCUT2D eigenvalue weighted by molar-refractivity contribution is -0.123. The van der Waals surface area contributed by atoms with Crippen LogP contribution in [0.25, 0.3) is 16.6 Å². The lowest BCUT2D eigenvalue weighted by Crippen LogP contribution is -2.47. The summed E-state index contributed by atoms with van der Waals surface area (Å²) in [5.41, 5.74) is 4.49. The monoisotopic (exact) mass is 455 g/mol. The van der Waals surface area contributed by atoms with Crippen molar-refractivity contribution in [3.8, 4) is 0 Å². The summed E-state index contributed by atoms with van der Waals surface area (Å²) in [5.74, 6) is -0.0163. The number of fused-ring (bicyclic) bond motifs is 1. The second kappa shape index (κ2) is 10.3. The van der Waals surface area contributed by atoms with E-state index in [9.17, 15) is 4.79 Å². The van der Waals surface area contributed by atoms with Gasteiger partial charge in [-0.1, -0.05) is 36.4 Å². The number of hydrogen-bond acceptors (Lipinski definition) is 5. The number of anilines is 1. The minimum atomic E-state index is -0.129. The van der Waals surface area contributed by atoms with E-state index in [1.54, 1.807) is 0 Å². The molecule has 34 heavy (non-hydrogen) atoms. The summed E-state index contributed by atoms with van der Waals surface area (Å²) in [4.78, 5) is 22.1. The topological polar surface area (TPSA) is 60.5 Å². The van der Waals surface area contributed by atoms with Gasteiger partial charge in [0.1, 0.15) is 0 Å². The van der Waals surface area contributed by atoms with Crippen molar-refractivity contribution in [2.75, 3.05) is 44.2 Å². The molecule has 1 saturated heterocycles. The summed E-state index contributed by atoms with van der Waals surface area (Å²) >= 11 is 0. The summed E-state index contributed by atoms with van der Waals surface area (Å²) in [6.45, 7) is 7.94. The molecule has 3 heterocycles. The zero-order chi connectivity index (χ0) is 23.3. The molecule has 3 aromatic rings. The highest BCUT2D eigenvalue weighted by molar-refractivity contribution is 5.85. The van der Waals surface area contributed by atoms with Gasteiger partial charge in [-0.3, -0.25) is 14.7 Å². The standard InChI is InChI=1S/C28H33N5O/c1-21-25(20-27(31-21)22-7-3-2-4-8-22)28(34)30-13-6-14-32-15-17-33(18-16-32)24-10-11-26-23(19-24)9-5-12-29-26/h2-5,7-12,19-21,25,31H,6,13-18H2,1H3,(H,30,34). The van der Waals surface area contributed by atoms with Crippen molar-refractivity contribution in [2.45, 2.75) is 19.4 Å². The largest absolute Gasteiger partial charge is 0.381 e. The Bertz CT molecular complexity index is 1150. The van der Waals surface area contributed by atoms with Gasteiger partial charge in [-0.15, -0.1) is 0 Å². The maximum Gasteiger partial charge on any atom is 0.229 e. The molecule has 0 radical (unpaired) electrons. The van der Waals surface area contributed by atoms with E-state index in [0.29, 0.717) is 6.54 Å². The molecule has 1 fully saturated rings. The van der Waals surface area contributed by atoms with Gasteiger partial charge in [0.15, 0.2) is 0 Å². The normalized spacial score (nSPS) is 20.7. The van der Waals surface area contributed by atoms with Crippen molar-refractivity contribution >= 4 is 28.2 Å². The van der Waals surface area contributed by atoms with Crippen LogP contribution in [0.5, 0.6) is 0 Å². The highest BCUT2D eigenvalue weighted by Gasteiger charge is 2.29. The molecule has 0 aliphatic carbocycles. The van der Waals surface area contributed by atoms with E-state index in [0.717, 1.165) is 55.9 Å². The smallest absolute Gasteiger partial charge is 0.229 e. The van der Waals surface area contributed by atoms with Gasteiger partial charge < -0.3 is 15.5 Å². The predicted octanol–water partition coefficient (Wildman–Crippen LogP) is 3.51. The molecule has 6 nitrogen and oxygen atoms in total. The molecule has 2 aromatic carbocycles. The van der Waals surface area contributed by atoms with Crippen LogP contribution >= 0.6 is 0 Å². The molecular weight excluding hydrogens is 422 g/mol. The van der Waals surface area contributed by atoms with Crippen LogP contribution < -0.4 is 15.5 Å². The van der Waals surface area contributed by atoms with Gasteiger partial charge in [0, 0.05) is 61.7 Å². The molecule has 6 heteroatoms. The fraction of sp³-hybridized carbons (Fsp3) is 0.357. The van der Waals surface area contributed by atoms with Crippen molar-refractivity contribution in [2.24, 2.45) is 5.92 Å². The Kier molecular flexibility index (Phi) is 6.77. The summed E-state index contributed by atoms with van der Waals surface area (Å²) < 4.78 is 0. The van der Waals surface area contributed by atoms with Crippen molar-refractivity contribution in [3.05, 3.63) is 78.5 Å². The number of nitrogens with one attached hydrogen (secondary N) is 2. The first kappa shape index (κ1) is 22.4. The van der Waals surface area contributed by atoms with Crippen molar-refractivity contribution in [1.82, 2.24) is 20.5 Å². The number of nitrogens with zero attached hydrogens (tertiary/aromatic N) is 3. The minimum absolute atomic E-state index is 0.106. The van der Waals surface area contributed by atoms with Gasteiger partial charge in [0.05, 0.1) is 11.4 Å². The molecule has 1 amide bonds. The number of hydrogen-bond donors (Lipinski definition) is 2. The first-order valence-corrected chi connectivity index (χ1v) is 12.3. The van der Waals surface area contributed by atoms with Gasteiger partial charge >= 0.3 is 0 Å². The maximum atomic E-state index is 12.8. The quantitative estimate of drug-likeness (QED) is 0.534. The molecule has 2 aliphatic heterocycles. The van der Waals surface area contributed by atoms with Crippen LogP contribution in [-0.4, -0.2) is 61.1 Å². The van der Waals surface area contributed by atoms with E-state index in [2.05, 4.69) is 74.8 Å². The molecule has 2 atom stereocenters. The average Bonchev–Trinajstić information content (AvgIpc) is 3.29. The third kappa shape index (κ3) is 5.07. The summed E-state index contributed by atoms with van der Waals surface area (Å²) in [7, 11) is 0. The molecule has 176 valence electrons. The summed E-state index contributed by atoms with van der Waals surface area (Å²) in [6, 6.07) is 20.9. The van der Waals surface area contributed by atoms with Crippen LogP contribution in [0.1, 0.15) is 18.9 Å². The Labute approximate surface area is 201 Å². The Morgan fingerprint density at radius 3 is 2.71 bits per heavy atom. The molecule has 2 aliphatic rings. The third-order valence-electron chi connectivity index (χ3n) is 6.93. The van der Waals surface area contributed by atoms with Crippen LogP contribution in [-0.2, 0) is 4.79 Å². The van der Waals surface area contributed by atoms with Crippen LogP contribution in [0, 0.1) is 5.92 Å². The number of rotatable bonds is 7. The van der Waals surface area contributed by atoms with E-state index in [4.69, 9.17) is 0 Å². The number of aromatic nitrogens is 1. The molecule has 0 saturated carbocycles. The third-order valence-corrected chi connectivity index (χ3v) is 6.93. The Hall–Kier alpha value is -3.38. The Morgan fingerprint density at radius 2 is 1.88 bits per heavy atom. The Balaban J connectivity index is 1.05. The predicted molar refractivity (Wildman–Crippen MR) is 139 cm³/mol. The second-order valence-electron chi connectivity index (χ2n) is 9.26. The van der Waals surface area contributed by atoms with Crippen LogP contribution in [0.3, 0.4) is 0 Å². The zero-order valence-electron chi connectivity index (χ0n) is 19.8. The first-order chi connectivity index (χ1) is 16.7. The molecule has 0 bridgehead atoms. The van der Waals surface area contributed by atoms with E-state index >= 15 is 0 Å². The summed E-state index contributed by atoms with van der Waals surface area (Å²) in [6.07, 6.45) is 4.88. The summed E-state index contributed by atoms with van der Waals surface area (Å²) in [5, 5.41) is 7.80. The molecular formula is C28H33N5O. The highest BCUT2D eigenvalue weighted by Crippen LogP contribution is 2.24. The van der Waals surface area contributed by atoms with Gasteiger partial charge in [-0.25, -0.2) is 0 Å². The lowest BCUT2D eigenvalue weighted by Gasteiger charge is -2.36. The van der Waals surface area contributed by atoms with E-state index in [-0.39, 0.29) is 17.9 Å².